The summed E-state index contributed by atoms with van der Waals surface area (Å²) in [5.74, 6) is -10.9. The van der Waals surface area contributed by atoms with Crippen molar-refractivity contribution in [2.45, 2.75) is 52.3 Å². The highest BCUT2D eigenvalue weighted by molar-refractivity contribution is 14.1. The molecule has 0 bridgehead atoms. The zero-order valence-electron chi connectivity index (χ0n) is 31.6. The van der Waals surface area contributed by atoms with Crippen LogP contribution in [-0.2, 0) is 38.1 Å². The van der Waals surface area contributed by atoms with Crippen LogP contribution in [0.25, 0.3) is 0 Å². The van der Waals surface area contributed by atoms with Crippen LogP contribution in [0.2, 0.25) is 0 Å². The lowest BCUT2D eigenvalue weighted by atomic mass is 10.1. The Morgan fingerprint density at radius 1 is 0.557 bits per heavy atom. The first-order chi connectivity index (χ1) is 28.2. The lowest BCUT2D eigenvalue weighted by molar-refractivity contribution is -0.156. The Morgan fingerprint density at radius 3 is 1.18 bits per heavy atom. The molecule has 10 N–H and O–H groups in total. The van der Waals surface area contributed by atoms with Crippen molar-refractivity contribution in [1.82, 2.24) is 10.6 Å². The lowest BCUT2D eigenvalue weighted by Crippen LogP contribution is -2.43. The predicted octanol–water partition coefficient (Wildman–Crippen LogP) is 5.53. The summed E-state index contributed by atoms with van der Waals surface area (Å²) < 4.78 is 26.9. The van der Waals surface area contributed by atoms with E-state index in [1.807, 2.05) is 0 Å². The number of aliphatic hydroxyl groups is 2. The molecule has 2 aliphatic heterocycles. The highest BCUT2D eigenvalue weighted by Gasteiger charge is 2.37. The molecule has 61 heavy (non-hydrogen) atoms. The molecule has 0 aliphatic carbocycles. The summed E-state index contributed by atoms with van der Waals surface area (Å²) in [6.45, 7) is 7.12. The van der Waals surface area contributed by atoms with Crippen LogP contribution in [0.15, 0.2) is 48.0 Å². The third-order valence-corrected chi connectivity index (χ3v) is 14.2. The van der Waals surface area contributed by atoms with Gasteiger partial charge in [0, 0.05) is 41.8 Å². The fraction of sp³-hybridized carbons (Fsp3) is 0.229. The number of esters is 1. The van der Waals surface area contributed by atoms with E-state index in [0.29, 0.717) is 0 Å². The lowest BCUT2D eigenvalue weighted by Gasteiger charge is -2.22. The zero-order chi connectivity index (χ0) is 46.0. The van der Waals surface area contributed by atoms with Crippen molar-refractivity contribution < 1.29 is 67.5 Å². The standard InChI is InChI=1S/C35H30I6N6O14/c1-10(48)61-27(32(55)46-25-21(38)15(28(42)51)19(36)17(23(25)40)30(53)44-11-6-57-34(2,3)59-8-13(11)49)33(56)47-26-22(39)16(29(43)52)20(37)18(24(26)41)31(54)45-12-7-58-35(4,5)60-9-14(12)50/h6-9,27,49-50H,1-5H3,(H2,42,51)(H2,43,52)(H,44,53)(H,45,54)(H,46,55)(H,47,56). The van der Waals surface area contributed by atoms with Crippen molar-refractivity contribution in [3.63, 3.8) is 0 Å². The number of hydrogen-bond acceptors (Lipinski definition) is 14. The normalized spacial score (nSPS) is 15.2. The Kier molecular flexibility index (Phi) is 16.7. The Labute approximate surface area is 427 Å². The van der Waals surface area contributed by atoms with Gasteiger partial charge in [-0.05, 0) is 136 Å². The highest BCUT2D eigenvalue weighted by atomic mass is 127. The van der Waals surface area contributed by atoms with Gasteiger partial charge in [-0.3, -0.25) is 33.6 Å². The SMILES string of the molecule is CC(=O)OC(C(=O)Nc1c(I)c(C(N)=O)c(I)c(C(=O)NC2=COC(C)(C)OC=C2O)c1I)C(=O)Nc1c(I)c(C(N)=O)c(I)c(C(=O)NC2=COC(C)(C)OC=C2O)c1I. The van der Waals surface area contributed by atoms with Gasteiger partial charge in [0.2, 0.25) is 11.6 Å². The van der Waals surface area contributed by atoms with Gasteiger partial charge in [0.15, 0.2) is 11.5 Å². The van der Waals surface area contributed by atoms with E-state index >= 15 is 0 Å². The summed E-state index contributed by atoms with van der Waals surface area (Å²) >= 11 is 10.3. The Balaban J connectivity index is 1.76. The van der Waals surface area contributed by atoms with E-state index in [-0.39, 0.29) is 66.4 Å². The van der Waals surface area contributed by atoms with Crippen molar-refractivity contribution in [1.29, 1.82) is 0 Å². The molecule has 0 unspecified atom stereocenters. The van der Waals surface area contributed by atoms with Crippen LogP contribution < -0.4 is 32.7 Å². The number of amides is 6. The molecule has 4 rings (SSSR count). The number of anilines is 2. The molecule has 0 saturated carbocycles. The largest absolute Gasteiger partial charge is 0.503 e. The van der Waals surface area contributed by atoms with Gasteiger partial charge in [-0.25, -0.2) is 0 Å². The van der Waals surface area contributed by atoms with E-state index in [1.54, 1.807) is 163 Å². The van der Waals surface area contributed by atoms with Gasteiger partial charge in [-0.1, -0.05) is 0 Å². The molecule has 0 fully saturated rings. The monoisotopic (exact) mass is 1520 g/mol. The second-order valence-electron chi connectivity index (χ2n) is 13.1. The summed E-state index contributed by atoms with van der Waals surface area (Å²) in [6, 6.07) is 0. The van der Waals surface area contributed by atoms with E-state index in [2.05, 4.69) is 21.3 Å². The number of aliphatic hydroxyl groups excluding tert-OH is 2. The van der Waals surface area contributed by atoms with Crippen molar-refractivity contribution in [2.75, 3.05) is 10.6 Å². The number of carbonyl (C=O) groups excluding carboxylic acids is 7. The smallest absolute Gasteiger partial charge is 0.303 e. The first kappa shape index (κ1) is 50.5. The molecule has 0 atom stereocenters. The molecule has 2 aromatic rings. The molecule has 0 aromatic heterocycles. The molecule has 2 heterocycles. The zero-order valence-corrected chi connectivity index (χ0v) is 44.5. The summed E-state index contributed by atoms with van der Waals surface area (Å²) in [4.78, 5) is 93.6. The van der Waals surface area contributed by atoms with Gasteiger partial charge in [-0.15, -0.1) is 0 Å². The minimum Gasteiger partial charge on any atom is -0.503 e. The quantitative estimate of drug-likeness (QED) is 0.0780. The van der Waals surface area contributed by atoms with Crippen LogP contribution in [0.1, 0.15) is 76.1 Å². The molecular formula is C35H30I6N6O14. The van der Waals surface area contributed by atoms with Crippen LogP contribution in [0, 0.1) is 21.4 Å². The Hall–Kier alpha value is -3.13. The third-order valence-electron chi connectivity index (χ3n) is 7.72. The number of nitrogens with one attached hydrogen (secondary N) is 4. The minimum atomic E-state index is -2.28. The molecule has 20 nitrogen and oxygen atoms in total. The van der Waals surface area contributed by atoms with Gasteiger partial charge in [0.1, 0.15) is 36.4 Å². The number of ether oxygens (including phenoxy) is 5. The molecule has 6 amide bonds. The van der Waals surface area contributed by atoms with Crippen molar-refractivity contribution in [3.8, 4) is 0 Å². The fourth-order valence-electron chi connectivity index (χ4n) is 4.81. The topological polar surface area (TPSA) is 306 Å². The molecule has 2 aromatic carbocycles. The maximum absolute atomic E-state index is 14.0. The molecule has 326 valence electrons. The summed E-state index contributed by atoms with van der Waals surface area (Å²) in [7, 11) is 0. The van der Waals surface area contributed by atoms with E-state index in [4.69, 9.17) is 35.2 Å². The van der Waals surface area contributed by atoms with E-state index in [9.17, 15) is 43.8 Å². The van der Waals surface area contributed by atoms with Gasteiger partial charge >= 0.3 is 5.97 Å². The van der Waals surface area contributed by atoms with Crippen LogP contribution >= 0.6 is 136 Å². The van der Waals surface area contributed by atoms with Crippen LogP contribution in [-0.4, -0.2) is 69.3 Å². The fourth-order valence-corrected chi connectivity index (χ4v) is 13.7. The number of rotatable bonds is 11. The first-order valence-corrected chi connectivity index (χ1v) is 23.0. The maximum atomic E-state index is 14.0. The second kappa shape index (κ2) is 20.1. The molecule has 0 radical (unpaired) electrons. The van der Waals surface area contributed by atoms with Crippen LogP contribution in [0.5, 0.6) is 0 Å². The Bertz CT molecular complexity index is 2270. The maximum Gasteiger partial charge on any atom is 0.303 e. The highest BCUT2D eigenvalue weighted by Crippen LogP contribution is 2.38. The van der Waals surface area contributed by atoms with Gasteiger partial charge in [-0.2, -0.15) is 0 Å². The second-order valence-corrected chi connectivity index (χ2v) is 19.6. The molecule has 0 spiro atoms. The third kappa shape index (κ3) is 11.7. The van der Waals surface area contributed by atoms with Crippen molar-refractivity contribution in [3.05, 3.63) is 91.6 Å². The van der Waals surface area contributed by atoms with E-state index in [1.165, 1.54) is 0 Å². The predicted molar refractivity (Wildman–Crippen MR) is 264 cm³/mol. The van der Waals surface area contributed by atoms with Crippen LogP contribution in [0.3, 0.4) is 0 Å². The molecular weight excluding hydrogens is 1490 g/mol. The van der Waals surface area contributed by atoms with Gasteiger partial charge in [0.05, 0.1) is 47.9 Å². The number of nitrogens with two attached hydrogens (primary N) is 2. The van der Waals surface area contributed by atoms with E-state index < -0.39 is 70.6 Å². The van der Waals surface area contributed by atoms with Crippen molar-refractivity contribution >= 4 is 188 Å². The number of hydrogen-bond donors (Lipinski definition) is 8. The number of halogens is 6. The number of benzene rings is 2. The molecule has 26 heteroatoms. The molecule has 2 aliphatic rings. The van der Waals surface area contributed by atoms with Gasteiger partial charge in [0.25, 0.3) is 41.5 Å². The number of carbonyl (C=O) groups is 7. The number of primary amides is 2. The Morgan fingerprint density at radius 2 is 0.869 bits per heavy atom. The average molecular weight is 1520 g/mol. The van der Waals surface area contributed by atoms with Crippen molar-refractivity contribution in [2.24, 2.45) is 11.5 Å². The average Bonchev–Trinajstić information content (AvgIpc) is 3.35. The summed E-state index contributed by atoms with van der Waals surface area (Å²) in [5.41, 5.74) is 9.80. The summed E-state index contributed by atoms with van der Waals surface area (Å²) in [6.07, 6.45) is 1.72. The van der Waals surface area contributed by atoms with Gasteiger partial charge < -0.3 is 66.6 Å². The first-order valence-electron chi connectivity index (χ1n) is 16.5. The minimum absolute atomic E-state index is 0.0214. The van der Waals surface area contributed by atoms with Crippen LogP contribution in [0.4, 0.5) is 11.4 Å². The summed E-state index contributed by atoms with van der Waals surface area (Å²) in [5, 5.41) is 30.8. The molecule has 0 saturated heterocycles. The van der Waals surface area contributed by atoms with E-state index in [0.717, 1.165) is 32.0 Å².